The van der Waals surface area contributed by atoms with E-state index in [2.05, 4.69) is 5.32 Å². The molecule has 9 heteroatoms. The first-order chi connectivity index (χ1) is 9.63. The standard InChI is InChI=1S/C12H24NO7P/c1-7(2)10(15)19-11(8(3)4)20-12(16)13-5-9(14)6-21(17)18/h7-9,11,14,17-18H,5-6H2,1-4H3,(H,13,16)/t9-,11-/m0/s1. The molecule has 0 radical (unpaired) electrons. The summed E-state index contributed by atoms with van der Waals surface area (Å²) in [6, 6.07) is 0. The lowest BCUT2D eigenvalue weighted by atomic mass is 10.2. The molecule has 8 nitrogen and oxygen atoms in total. The van der Waals surface area contributed by atoms with Gasteiger partial charge >= 0.3 is 12.1 Å². The van der Waals surface area contributed by atoms with Gasteiger partial charge in [0, 0.05) is 18.6 Å². The summed E-state index contributed by atoms with van der Waals surface area (Å²) in [5.74, 6) is -1.05. The molecule has 2 atom stereocenters. The molecule has 0 fully saturated rings. The number of carbonyl (C=O) groups is 2. The fourth-order valence-corrected chi connectivity index (χ4v) is 1.65. The second-order valence-corrected chi connectivity index (χ2v) is 6.31. The van der Waals surface area contributed by atoms with Crippen LogP contribution in [0.25, 0.3) is 0 Å². The van der Waals surface area contributed by atoms with Crippen LogP contribution in [0.4, 0.5) is 4.79 Å². The van der Waals surface area contributed by atoms with Crippen molar-refractivity contribution in [3.8, 4) is 0 Å². The normalized spacial score (nSPS) is 14.2. The molecule has 124 valence electrons. The number of esters is 1. The van der Waals surface area contributed by atoms with Gasteiger partial charge in [-0.3, -0.25) is 4.79 Å². The smallest absolute Gasteiger partial charge is 0.410 e. The van der Waals surface area contributed by atoms with E-state index in [9.17, 15) is 14.7 Å². The number of carbonyl (C=O) groups excluding carboxylic acids is 2. The summed E-state index contributed by atoms with van der Waals surface area (Å²) < 4.78 is 10.0. The largest absolute Gasteiger partial charge is 0.425 e. The van der Waals surface area contributed by atoms with Crippen LogP contribution in [0.1, 0.15) is 27.7 Å². The van der Waals surface area contributed by atoms with Crippen LogP contribution >= 0.6 is 8.38 Å². The maximum absolute atomic E-state index is 11.5. The van der Waals surface area contributed by atoms with Crippen molar-refractivity contribution >= 4 is 20.4 Å². The van der Waals surface area contributed by atoms with E-state index < -0.39 is 32.8 Å². The predicted molar refractivity (Wildman–Crippen MR) is 76.3 cm³/mol. The lowest BCUT2D eigenvalue weighted by molar-refractivity contribution is -0.178. The summed E-state index contributed by atoms with van der Waals surface area (Å²) in [6.45, 7) is 6.59. The number of nitrogens with one attached hydrogen (secondary N) is 1. The number of aliphatic hydroxyl groups is 1. The summed E-state index contributed by atoms with van der Waals surface area (Å²) in [5, 5.41) is 11.6. The van der Waals surface area contributed by atoms with Crippen molar-refractivity contribution in [1.82, 2.24) is 5.32 Å². The Balaban J connectivity index is 4.27. The van der Waals surface area contributed by atoms with Crippen LogP contribution in [0.3, 0.4) is 0 Å². The minimum atomic E-state index is -2.23. The van der Waals surface area contributed by atoms with Crippen LogP contribution in [0.5, 0.6) is 0 Å². The molecular formula is C12H24NO7P. The van der Waals surface area contributed by atoms with Crippen molar-refractivity contribution in [1.29, 1.82) is 0 Å². The third-order valence-corrected chi connectivity index (χ3v) is 3.08. The average Bonchev–Trinajstić information content (AvgIpc) is 2.34. The van der Waals surface area contributed by atoms with Gasteiger partial charge in [0.2, 0.25) is 0 Å². The summed E-state index contributed by atoms with van der Waals surface area (Å²) >= 11 is 0. The lowest BCUT2D eigenvalue weighted by Gasteiger charge is -2.22. The molecule has 4 N–H and O–H groups in total. The van der Waals surface area contributed by atoms with Crippen LogP contribution in [-0.4, -0.2) is 52.1 Å². The maximum atomic E-state index is 11.5. The van der Waals surface area contributed by atoms with Gasteiger partial charge in [0.1, 0.15) is 0 Å². The number of alkyl carbamates (subject to hydrolysis) is 1. The van der Waals surface area contributed by atoms with E-state index in [1.165, 1.54) is 0 Å². The van der Waals surface area contributed by atoms with Gasteiger partial charge in [0.25, 0.3) is 6.29 Å². The molecule has 0 bridgehead atoms. The quantitative estimate of drug-likeness (QED) is 0.292. The minimum absolute atomic E-state index is 0.193. The van der Waals surface area contributed by atoms with E-state index in [4.69, 9.17) is 19.3 Å². The van der Waals surface area contributed by atoms with Gasteiger partial charge in [-0.1, -0.05) is 27.7 Å². The number of ether oxygens (including phenoxy) is 2. The van der Waals surface area contributed by atoms with E-state index in [0.29, 0.717) is 0 Å². The zero-order valence-electron chi connectivity index (χ0n) is 12.6. The van der Waals surface area contributed by atoms with Crippen molar-refractivity contribution in [2.75, 3.05) is 12.7 Å². The molecule has 0 saturated carbocycles. The van der Waals surface area contributed by atoms with Gasteiger partial charge in [0.15, 0.2) is 8.38 Å². The van der Waals surface area contributed by atoms with E-state index in [1.54, 1.807) is 27.7 Å². The van der Waals surface area contributed by atoms with Crippen molar-refractivity contribution in [2.24, 2.45) is 11.8 Å². The zero-order valence-corrected chi connectivity index (χ0v) is 13.5. The molecule has 0 saturated heterocycles. The predicted octanol–water partition coefficient (Wildman–Crippen LogP) is 0.551. The van der Waals surface area contributed by atoms with Gasteiger partial charge in [-0.15, -0.1) is 0 Å². The summed E-state index contributed by atoms with van der Waals surface area (Å²) in [4.78, 5) is 40.5. The van der Waals surface area contributed by atoms with E-state index in [0.717, 1.165) is 0 Å². The number of amides is 1. The molecule has 0 aliphatic heterocycles. The molecule has 0 aliphatic carbocycles. The van der Waals surface area contributed by atoms with Crippen LogP contribution in [0.2, 0.25) is 0 Å². The zero-order chi connectivity index (χ0) is 16.6. The van der Waals surface area contributed by atoms with Crippen molar-refractivity contribution in [3.05, 3.63) is 0 Å². The lowest BCUT2D eigenvalue weighted by Crippen LogP contribution is -2.39. The van der Waals surface area contributed by atoms with Gasteiger partial charge in [-0.2, -0.15) is 0 Å². The molecule has 0 aliphatic rings. The van der Waals surface area contributed by atoms with E-state index in [1.807, 2.05) is 0 Å². The monoisotopic (exact) mass is 325 g/mol. The minimum Gasteiger partial charge on any atom is -0.425 e. The van der Waals surface area contributed by atoms with Crippen molar-refractivity contribution in [3.63, 3.8) is 0 Å². The Bertz CT molecular complexity index is 336. The van der Waals surface area contributed by atoms with Crippen LogP contribution in [0.15, 0.2) is 0 Å². The molecule has 0 aromatic heterocycles. The number of rotatable bonds is 8. The highest BCUT2D eigenvalue weighted by Crippen LogP contribution is 2.23. The molecule has 0 aromatic carbocycles. The highest BCUT2D eigenvalue weighted by molar-refractivity contribution is 7.45. The van der Waals surface area contributed by atoms with E-state index >= 15 is 0 Å². The summed E-state index contributed by atoms with van der Waals surface area (Å²) in [7, 11) is -2.23. The number of hydrogen-bond acceptors (Lipinski definition) is 7. The molecule has 21 heavy (non-hydrogen) atoms. The average molecular weight is 325 g/mol. The van der Waals surface area contributed by atoms with Gasteiger partial charge in [-0.25, -0.2) is 4.79 Å². The first-order valence-electron chi connectivity index (χ1n) is 6.61. The van der Waals surface area contributed by atoms with Crippen LogP contribution in [0, 0.1) is 11.8 Å². The second-order valence-electron chi connectivity index (χ2n) is 5.20. The highest BCUT2D eigenvalue weighted by Gasteiger charge is 2.24. The first kappa shape index (κ1) is 20.1. The molecule has 1 amide bonds. The Morgan fingerprint density at radius 1 is 1.14 bits per heavy atom. The van der Waals surface area contributed by atoms with Crippen molar-refractivity contribution in [2.45, 2.75) is 40.1 Å². The highest BCUT2D eigenvalue weighted by atomic mass is 31.2. The molecule has 0 unspecified atom stereocenters. The van der Waals surface area contributed by atoms with Crippen LogP contribution < -0.4 is 5.32 Å². The Hall–Kier alpha value is -0.950. The van der Waals surface area contributed by atoms with Gasteiger partial charge < -0.3 is 29.7 Å². The maximum Gasteiger partial charge on any atom is 0.410 e. The van der Waals surface area contributed by atoms with Gasteiger partial charge in [0.05, 0.1) is 12.0 Å². The molecule has 0 heterocycles. The summed E-state index contributed by atoms with van der Waals surface area (Å²) in [6.07, 6.45) is -3.20. The topological polar surface area (TPSA) is 125 Å². The Morgan fingerprint density at radius 3 is 2.14 bits per heavy atom. The molecule has 0 aromatic rings. The SMILES string of the molecule is CC(C)C(=O)O[C@@H](OC(=O)NC[C@H](O)CP(O)O)C(C)C. The summed E-state index contributed by atoms with van der Waals surface area (Å²) in [5.41, 5.74) is 0. The molecule has 0 spiro atoms. The number of aliphatic hydroxyl groups excluding tert-OH is 1. The van der Waals surface area contributed by atoms with E-state index in [-0.39, 0.29) is 24.5 Å². The fourth-order valence-electron chi connectivity index (χ4n) is 1.15. The Morgan fingerprint density at radius 2 is 1.71 bits per heavy atom. The molecule has 0 rings (SSSR count). The van der Waals surface area contributed by atoms with Gasteiger partial charge in [-0.05, 0) is 0 Å². The second kappa shape index (κ2) is 9.89. The fraction of sp³-hybridized carbons (Fsp3) is 0.833. The third kappa shape index (κ3) is 9.57. The molecular weight excluding hydrogens is 301 g/mol. The third-order valence-electron chi connectivity index (χ3n) is 2.33. The van der Waals surface area contributed by atoms with Crippen molar-refractivity contribution < 1.29 is 34.0 Å². The Kier molecular flexibility index (Phi) is 9.44. The Labute approximate surface area is 125 Å². The first-order valence-corrected chi connectivity index (χ1v) is 8.05. The van der Waals surface area contributed by atoms with Crippen LogP contribution in [-0.2, 0) is 14.3 Å². The number of hydrogen-bond donors (Lipinski definition) is 4.